The summed E-state index contributed by atoms with van der Waals surface area (Å²) >= 11 is 12.3. The van der Waals surface area contributed by atoms with Gasteiger partial charge in [0.2, 0.25) is 0 Å². The summed E-state index contributed by atoms with van der Waals surface area (Å²) < 4.78 is 16.9. The van der Waals surface area contributed by atoms with Crippen LogP contribution in [0.4, 0.5) is 0 Å². The Morgan fingerprint density at radius 1 is 1.12 bits per heavy atom. The zero-order valence-electron chi connectivity index (χ0n) is 17.9. The number of halogens is 2. The maximum Gasteiger partial charge on any atom is 0.326 e. The normalized spacial score (nSPS) is 20.5. The largest absolute Gasteiger partial charge is 0.489 e. The summed E-state index contributed by atoms with van der Waals surface area (Å²) in [5.41, 5.74) is 1.40. The summed E-state index contributed by atoms with van der Waals surface area (Å²) in [6, 6.07) is 11.0. The Morgan fingerprint density at radius 3 is 2.28 bits per heavy atom. The lowest BCUT2D eigenvalue weighted by molar-refractivity contribution is -0.157. The lowest BCUT2D eigenvalue weighted by atomic mass is 10.1. The van der Waals surface area contributed by atoms with Crippen molar-refractivity contribution in [3.8, 4) is 5.75 Å². The van der Waals surface area contributed by atoms with E-state index in [-0.39, 0.29) is 13.0 Å². The minimum Gasteiger partial charge on any atom is -0.489 e. The van der Waals surface area contributed by atoms with Gasteiger partial charge in [-0.1, -0.05) is 41.4 Å². The lowest BCUT2D eigenvalue weighted by Gasteiger charge is -2.19. The van der Waals surface area contributed by atoms with Gasteiger partial charge in [-0.25, -0.2) is 4.79 Å². The van der Waals surface area contributed by atoms with Crippen molar-refractivity contribution < 1.29 is 28.9 Å². The molecule has 1 fully saturated rings. The average molecular weight is 482 g/mol. The Labute approximate surface area is 196 Å². The molecule has 1 unspecified atom stereocenters. The second-order valence-electron chi connectivity index (χ2n) is 8.00. The summed E-state index contributed by atoms with van der Waals surface area (Å²) in [4.78, 5) is 24.3. The molecule has 0 aromatic heterocycles. The van der Waals surface area contributed by atoms with Crippen LogP contribution in [0.15, 0.2) is 42.5 Å². The van der Waals surface area contributed by atoms with E-state index in [1.807, 2.05) is 0 Å². The molecule has 172 valence electrons. The third-order valence-electron chi connectivity index (χ3n) is 4.99. The molecule has 0 aliphatic carbocycles. The highest BCUT2D eigenvalue weighted by Crippen LogP contribution is 2.28. The highest BCUT2D eigenvalue weighted by molar-refractivity contribution is 6.35. The number of carbonyl (C=O) groups excluding carboxylic acids is 1. The van der Waals surface area contributed by atoms with Crippen molar-refractivity contribution in [1.29, 1.82) is 0 Å². The second kappa shape index (κ2) is 10.1. The summed E-state index contributed by atoms with van der Waals surface area (Å²) in [6.07, 6.45) is -1.26. The number of hydrogen-bond donors (Lipinski definition) is 2. The molecular weight excluding hydrogens is 457 g/mol. The molecule has 3 rings (SSSR count). The van der Waals surface area contributed by atoms with Crippen LogP contribution in [-0.2, 0) is 32.1 Å². The van der Waals surface area contributed by atoms with Crippen LogP contribution >= 0.6 is 23.2 Å². The van der Waals surface area contributed by atoms with Gasteiger partial charge < -0.3 is 24.6 Å². The Balaban J connectivity index is 1.59. The molecule has 2 aromatic rings. The molecule has 1 heterocycles. The van der Waals surface area contributed by atoms with Crippen molar-refractivity contribution in [2.75, 3.05) is 0 Å². The topological polar surface area (TPSA) is 94.1 Å². The Kier molecular flexibility index (Phi) is 7.67. The van der Waals surface area contributed by atoms with Crippen molar-refractivity contribution in [2.45, 2.75) is 57.8 Å². The fourth-order valence-corrected chi connectivity index (χ4v) is 3.95. The number of ether oxygens (including phenoxy) is 3. The van der Waals surface area contributed by atoms with Gasteiger partial charge in [0.05, 0.1) is 6.10 Å². The summed E-state index contributed by atoms with van der Waals surface area (Å²) in [5.74, 6) is -1.98. The third kappa shape index (κ3) is 6.13. The first-order chi connectivity index (χ1) is 15.1. The smallest absolute Gasteiger partial charge is 0.326 e. The van der Waals surface area contributed by atoms with E-state index in [0.29, 0.717) is 21.4 Å². The molecule has 0 saturated carbocycles. The quantitative estimate of drug-likeness (QED) is 0.585. The number of amides is 1. The van der Waals surface area contributed by atoms with Crippen LogP contribution in [0.3, 0.4) is 0 Å². The molecule has 1 saturated heterocycles. The first-order valence-electron chi connectivity index (χ1n) is 10.1. The number of nitrogens with one attached hydrogen (secondary N) is 1. The van der Waals surface area contributed by atoms with Crippen LogP contribution in [0.2, 0.25) is 10.0 Å². The van der Waals surface area contributed by atoms with Crippen LogP contribution < -0.4 is 10.1 Å². The first-order valence-corrected chi connectivity index (χ1v) is 10.8. The Morgan fingerprint density at radius 2 is 1.75 bits per heavy atom. The van der Waals surface area contributed by atoms with Crippen molar-refractivity contribution in [3.63, 3.8) is 0 Å². The van der Waals surface area contributed by atoms with Crippen molar-refractivity contribution in [3.05, 3.63) is 63.6 Å². The van der Waals surface area contributed by atoms with Gasteiger partial charge in [0.15, 0.2) is 11.9 Å². The van der Waals surface area contributed by atoms with Crippen molar-refractivity contribution >= 4 is 35.1 Å². The van der Waals surface area contributed by atoms with E-state index in [2.05, 4.69) is 5.32 Å². The Bertz CT molecular complexity index is 959. The standard InChI is InChI=1S/C23H25Cl2NO6/c1-13-20(32-23(2,3)31-13)21(27)26-19(22(28)29)11-14-7-9-15(10-8-14)30-12-16-17(24)5-4-6-18(16)25/h4-10,13,19-20H,11-12H2,1-3H3,(H,26,27)(H,28,29)/t13-,19?,20+/m0/s1. The number of benzene rings is 2. The van der Waals surface area contributed by atoms with Gasteiger partial charge in [0.1, 0.15) is 18.4 Å². The van der Waals surface area contributed by atoms with E-state index in [1.54, 1.807) is 63.2 Å². The van der Waals surface area contributed by atoms with E-state index in [9.17, 15) is 14.7 Å². The average Bonchev–Trinajstić information content (AvgIpc) is 3.00. The number of carboxylic acids is 1. The minimum atomic E-state index is -1.14. The van der Waals surface area contributed by atoms with Gasteiger partial charge in [-0.15, -0.1) is 0 Å². The van der Waals surface area contributed by atoms with Crippen LogP contribution in [-0.4, -0.2) is 41.0 Å². The highest BCUT2D eigenvalue weighted by Gasteiger charge is 2.43. The number of carboxylic acid groups (broad SMARTS) is 1. The predicted molar refractivity (Wildman–Crippen MR) is 120 cm³/mol. The van der Waals surface area contributed by atoms with Gasteiger partial charge in [0.25, 0.3) is 5.91 Å². The van der Waals surface area contributed by atoms with Gasteiger partial charge in [-0.05, 0) is 50.6 Å². The van der Waals surface area contributed by atoms with Gasteiger partial charge in [0, 0.05) is 22.0 Å². The minimum absolute atomic E-state index is 0.100. The monoisotopic (exact) mass is 481 g/mol. The fraction of sp³-hybridized carbons (Fsp3) is 0.391. The number of rotatable bonds is 8. The zero-order valence-corrected chi connectivity index (χ0v) is 19.4. The SMILES string of the molecule is C[C@@H]1OC(C)(C)O[C@H]1C(=O)NC(Cc1ccc(OCc2c(Cl)cccc2Cl)cc1)C(=O)O. The molecule has 0 bridgehead atoms. The van der Waals surface area contributed by atoms with E-state index in [0.717, 1.165) is 5.56 Å². The van der Waals surface area contributed by atoms with Gasteiger partial charge in [-0.3, -0.25) is 4.79 Å². The number of carbonyl (C=O) groups is 2. The second-order valence-corrected chi connectivity index (χ2v) is 8.81. The molecule has 0 radical (unpaired) electrons. The number of hydrogen-bond acceptors (Lipinski definition) is 5. The van der Waals surface area contributed by atoms with Crippen molar-refractivity contribution in [1.82, 2.24) is 5.32 Å². The molecule has 9 heteroatoms. The summed E-state index contributed by atoms with van der Waals surface area (Å²) in [5, 5.41) is 13.2. The molecule has 0 spiro atoms. The zero-order chi connectivity index (χ0) is 23.5. The van der Waals surface area contributed by atoms with Crippen LogP contribution in [0.5, 0.6) is 5.75 Å². The van der Waals surface area contributed by atoms with Crippen molar-refractivity contribution in [2.24, 2.45) is 0 Å². The predicted octanol–water partition coefficient (Wildman–Crippen LogP) is 4.22. The van der Waals surface area contributed by atoms with E-state index in [4.69, 9.17) is 37.4 Å². The van der Waals surface area contributed by atoms with Crippen LogP contribution in [0.1, 0.15) is 31.9 Å². The Hall–Kier alpha value is -2.32. The molecule has 1 amide bonds. The lowest BCUT2D eigenvalue weighted by Crippen LogP contribution is -2.49. The van der Waals surface area contributed by atoms with Crippen LogP contribution in [0, 0.1) is 0 Å². The third-order valence-corrected chi connectivity index (χ3v) is 5.70. The molecule has 2 aromatic carbocycles. The number of aliphatic carboxylic acids is 1. The van der Waals surface area contributed by atoms with E-state index in [1.165, 1.54) is 0 Å². The summed E-state index contributed by atoms with van der Waals surface area (Å²) in [6.45, 7) is 5.32. The molecule has 32 heavy (non-hydrogen) atoms. The van der Waals surface area contributed by atoms with E-state index >= 15 is 0 Å². The maximum atomic E-state index is 12.6. The van der Waals surface area contributed by atoms with E-state index < -0.39 is 35.9 Å². The molecule has 1 aliphatic rings. The molecule has 7 nitrogen and oxygen atoms in total. The molecule has 1 aliphatic heterocycles. The van der Waals surface area contributed by atoms with Gasteiger partial charge >= 0.3 is 5.97 Å². The van der Waals surface area contributed by atoms with Crippen LogP contribution in [0.25, 0.3) is 0 Å². The fourth-order valence-electron chi connectivity index (χ4n) is 3.44. The first kappa shape index (κ1) is 24.3. The maximum absolute atomic E-state index is 12.6. The molecule has 3 atom stereocenters. The summed E-state index contributed by atoms with van der Waals surface area (Å²) in [7, 11) is 0. The highest BCUT2D eigenvalue weighted by atomic mass is 35.5. The van der Waals surface area contributed by atoms with Gasteiger partial charge in [-0.2, -0.15) is 0 Å². The molecular formula is C23H25Cl2NO6. The molecule has 2 N–H and O–H groups in total.